The summed E-state index contributed by atoms with van der Waals surface area (Å²) in [6.07, 6.45) is 4.02. The van der Waals surface area contributed by atoms with E-state index in [2.05, 4.69) is 67.2 Å². The molecular weight excluding hydrogens is 327 g/mol. The molecule has 1 saturated heterocycles. The molecule has 0 radical (unpaired) electrons. The molecule has 1 fully saturated rings. The van der Waals surface area contributed by atoms with Crippen molar-refractivity contribution in [3.8, 4) is 0 Å². The van der Waals surface area contributed by atoms with Crippen LogP contribution in [-0.2, 0) is 0 Å². The smallest absolute Gasteiger partial charge is 0.139 e. The summed E-state index contributed by atoms with van der Waals surface area (Å²) in [5.74, 6) is 0. The van der Waals surface area contributed by atoms with E-state index < -0.39 is 0 Å². The van der Waals surface area contributed by atoms with Crippen molar-refractivity contribution in [3.05, 3.63) is 28.2 Å². The van der Waals surface area contributed by atoms with Gasteiger partial charge in [-0.3, -0.25) is 4.40 Å². The minimum Gasteiger partial charge on any atom is -0.369 e. The molecule has 1 aliphatic heterocycles. The quantitative estimate of drug-likeness (QED) is 0.737. The summed E-state index contributed by atoms with van der Waals surface area (Å²) < 4.78 is 3.27. The fourth-order valence-electron chi connectivity index (χ4n) is 2.20. The molecular formula is C12H15IN4. The van der Waals surface area contributed by atoms with Crippen molar-refractivity contribution in [2.75, 3.05) is 38.1 Å². The molecule has 0 spiro atoms. The standard InChI is InChI=1S/C12H15IN4/c1-15-4-6-16(7-5-15)10-2-3-17-11(13)9-14-12(17)8-10/h2-3,8-9H,4-7H2,1H3. The van der Waals surface area contributed by atoms with Crippen LogP contribution in [0.25, 0.3) is 5.65 Å². The Morgan fingerprint density at radius 2 is 2.00 bits per heavy atom. The van der Waals surface area contributed by atoms with E-state index in [9.17, 15) is 0 Å². The van der Waals surface area contributed by atoms with Crippen LogP contribution in [0.4, 0.5) is 5.69 Å². The molecule has 5 heteroatoms. The zero-order chi connectivity index (χ0) is 11.8. The van der Waals surface area contributed by atoms with E-state index in [1.165, 1.54) is 5.69 Å². The molecule has 3 heterocycles. The highest BCUT2D eigenvalue weighted by atomic mass is 127. The summed E-state index contributed by atoms with van der Waals surface area (Å²) in [7, 11) is 2.18. The Morgan fingerprint density at radius 3 is 2.76 bits per heavy atom. The highest BCUT2D eigenvalue weighted by Gasteiger charge is 2.14. The fourth-order valence-corrected chi connectivity index (χ4v) is 2.75. The number of hydrogen-bond donors (Lipinski definition) is 0. The van der Waals surface area contributed by atoms with Crippen molar-refractivity contribution in [3.63, 3.8) is 0 Å². The Balaban J connectivity index is 1.90. The second kappa shape index (κ2) is 4.45. The molecule has 0 aromatic carbocycles. The van der Waals surface area contributed by atoms with Gasteiger partial charge < -0.3 is 9.80 Å². The first-order valence-corrected chi connectivity index (χ1v) is 6.88. The van der Waals surface area contributed by atoms with E-state index in [4.69, 9.17) is 0 Å². The lowest BCUT2D eigenvalue weighted by Crippen LogP contribution is -2.44. The van der Waals surface area contributed by atoms with E-state index in [0.717, 1.165) is 35.5 Å². The van der Waals surface area contributed by atoms with Gasteiger partial charge in [-0.2, -0.15) is 0 Å². The third kappa shape index (κ3) is 2.13. The Hall–Kier alpha value is -0.820. The van der Waals surface area contributed by atoms with E-state index in [1.54, 1.807) is 0 Å². The van der Waals surface area contributed by atoms with Gasteiger partial charge in [0.2, 0.25) is 0 Å². The van der Waals surface area contributed by atoms with Gasteiger partial charge in [0.1, 0.15) is 9.35 Å². The van der Waals surface area contributed by atoms with Crippen LogP contribution in [0.5, 0.6) is 0 Å². The predicted octanol–water partition coefficient (Wildman–Crippen LogP) is 1.69. The SMILES string of the molecule is CN1CCN(c2ccn3c(I)cnc3c2)CC1. The van der Waals surface area contributed by atoms with Gasteiger partial charge in [-0.05, 0) is 35.7 Å². The van der Waals surface area contributed by atoms with Crippen LogP contribution >= 0.6 is 22.6 Å². The number of pyridine rings is 1. The molecule has 3 rings (SSSR count). The second-order valence-electron chi connectivity index (χ2n) is 4.48. The molecule has 4 nitrogen and oxygen atoms in total. The van der Waals surface area contributed by atoms with Crippen molar-refractivity contribution in [2.45, 2.75) is 0 Å². The minimum atomic E-state index is 1.03. The molecule has 0 N–H and O–H groups in total. The number of nitrogens with zero attached hydrogens (tertiary/aromatic N) is 4. The lowest BCUT2D eigenvalue weighted by atomic mass is 10.3. The van der Waals surface area contributed by atoms with Crippen LogP contribution in [0, 0.1) is 3.70 Å². The van der Waals surface area contributed by atoms with Gasteiger partial charge in [-0.1, -0.05) is 0 Å². The molecule has 0 unspecified atom stereocenters. The summed E-state index contributed by atoms with van der Waals surface area (Å²) >= 11 is 2.30. The maximum atomic E-state index is 4.41. The first-order valence-electron chi connectivity index (χ1n) is 5.80. The molecule has 17 heavy (non-hydrogen) atoms. The number of rotatable bonds is 1. The molecule has 0 amide bonds. The van der Waals surface area contributed by atoms with Gasteiger partial charge in [0, 0.05) is 44.1 Å². The van der Waals surface area contributed by atoms with Gasteiger partial charge >= 0.3 is 0 Å². The van der Waals surface area contributed by atoms with Crippen molar-refractivity contribution in [1.82, 2.24) is 14.3 Å². The number of piperazine rings is 1. The van der Waals surface area contributed by atoms with E-state index in [0.29, 0.717) is 0 Å². The zero-order valence-electron chi connectivity index (χ0n) is 9.80. The lowest BCUT2D eigenvalue weighted by molar-refractivity contribution is 0.313. The highest BCUT2D eigenvalue weighted by molar-refractivity contribution is 14.1. The highest BCUT2D eigenvalue weighted by Crippen LogP contribution is 2.19. The summed E-state index contributed by atoms with van der Waals surface area (Å²) in [6, 6.07) is 4.36. The molecule has 90 valence electrons. The number of anilines is 1. The van der Waals surface area contributed by atoms with Crippen LogP contribution in [0.15, 0.2) is 24.5 Å². The molecule has 0 atom stereocenters. The zero-order valence-corrected chi connectivity index (χ0v) is 12.0. The average molecular weight is 342 g/mol. The Labute approximate surface area is 114 Å². The third-order valence-electron chi connectivity index (χ3n) is 3.32. The third-order valence-corrected chi connectivity index (χ3v) is 4.12. The Kier molecular flexibility index (Phi) is 2.96. The van der Waals surface area contributed by atoms with Crippen LogP contribution in [0.2, 0.25) is 0 Å². The van der Waals surface area contributed by atoms with Crippen LogP contribution in [0.3, 0.4) is 0 Å². The average Bonchev–Trinajstić information content (AvgIpc) is 2.72. The normalized spacial score (nSPS) is 17.9. The largest absolute Gasteiger partial charge is 0.369 e. The molecule has 0 bridgehead atoms. The first-order chi connectivity index (χ1) is 8.24. The number of halogens is 1. The monoisotopic (exact) mass is 342 g/mol. The number of imidazole rings is 1. The molecule has 2 aromatic heterocycles. The summed E-state index contributed by atoms with van der Waals surface area (Å²) in [5.41, 5.74) is 2.32. The van der Waals surface area contributed by atoms with E-state index in [1.807, 2.05) is 6.20 Å². The maximum absolute atomic E-state index is 4.41. The number of fused-ring (bicyclic) bond motifs is 1. The van der Waals surface area contributed by atoms with Gasteiger partial charge in [0.25, 0.3) is 0 Å². The Morgan fingerprint density at radius 1 is 1.24 bits per heavy atom. The van der Waals surface area contributed by atoms with Crippen molar-refractivity contribution < 1.29 is 0 Å². The Bertz CT molecular complexity index is 528. The molecule has 0 saturated carbocycles. The van der Waals surface area contributed by atoms with Gasteiger partial charge in [-0.25, -0.2) is 4.98 Å². The lowest BCUT2D eigenvalue weighted by Gasteiger charge is -2.34. The number of aromatic nitrogens is 2. The van der Waals surface area contributed by atoms with Gasteiger partial charge in [0.15, 0.2) is 0 Å². The summed E-state index contributed by atoms with van der Waals surface area (Å²) in [6.45, 7) is 4.48. The number of hydrogen-bond acceptors (Lipinski definition) is 3. The molecule has 0 aliphatic carbocycles. The van der Waals surface area contributed by atoms with Gasteiger partial charge in [-0.15, -0.1) is 0 Å². The number of likely N-dealkylation sites (N-methyl/N-ethyl adjacent to an activating group) is 1. The topological polar surface area (TPSA) is 23.8 Å². The van der Waals surface area contributed by atoms with Crippen molar-refractivity contribution in [1.29, 1.82) is 0 Å². The van der Waals surface area contributed by atoms with Crippen LogP contribution < -0.4 is 4.90 Å². The predicted molar refractivity (Wildman–Crippen MR) is 77.6 cm³/mol. The molecule has 2 aromatic rings. The van der Waals surface area contributed by atoms with Crippen LogP contribution in [0.1, 0.15) is 0 Å². The van der Waals surface area contributed by atoms with Crippen LogP contribution in [-0.4, -0.2) is 47.5 Å². The van der Waals surface area contributed by atoms with E-state index in [-0.39, 0.29) is 0 Å². The van der Waals surface area contributed by atoms with E-state index >= 15 is 0 Å². The van der Waals surface area contributed by atoms with Crippen molar-refractivity contribution in [2.24, 2.45) is 0 Å². The minimum absolute atomic E-state index is 1.03. The summed E-state index contributed by atoms with van der Waals surface area (Å²) in [5, 5.41) is 0. The first kappa shape index (κ1) is 11.3. The van der Waals surface area contributed by atoms with Crippen molar-refractivity contribution >= 4 is 33.9 Å². The van der Waals surface area contributed by atoms with Gasteiger partial charge in [0.05, 0.1) is 6.20 Å². The molecule has 1 aliphatic rings. The fraction of sp³-hybridized carbons (Fsp3) is 0.417. The summed E-state index contributed by atoms with van der Waals surface area (Å²) in [4.78, 5) is 9.21. The second-order valence-corrected chi connectivity index (χ2v) is 5.59. The maximum Gasteiger partial charge on any atom is 0.139 e.